The van der Waals surface area contributed by atoms with Crippen LogP contribution in [-0.4, -0.2) is 54.0 Å². The summed E-state index contributed by atoms with van der Waals surface area (Å²) in [6.45, 7) is 7.37. The Hall–Kier alpha value is -0.610. The Morgan fingerprint density at radius 2 is 1.75 bits per heavy atom. The first-order valence-electron chi connectivity index (χ1n) is 6.46. The molecule has 0 aromatic heterocycles. The lowest BCUT2D eigenvalue weighted by Crippen LogP contribution is -2.61. The first kappa shape index (κ1) is 11.9. The zero-order valence-corrected chi connectivity index (χ0v) is 10.2. The topological polar surface area (TPSA) is 49.6 Å². The number of likely N-dealkylation sites (tertiary alicyclic amines) is 2. The van der Waals surface area contributed by atoms with E-state index in [1.165, 1.54) is 12.8 Å². The van der Waals surface area contributed by atoms with Crippen molar-refractivity contribution in [2.75, 3.05) is 32.7 Å². The molecule has 4 heteroatoms. The van der Waals surface area contributed by atoms with Crippen molar-refractivity contribution in [3.05, 3.63) is 0 Å². The van der Waals surface area contributed by atoms with Gasteiger partial charge in [0.25, 0.3) is 0 Å². The SMILES string of the molecule is CCN1CCC(C(N)=O)(N2CCCC2)CC1. The van der Waals surface area contributed by atoms with Crippen LogP contribution in [0.4, 0.5) is 0 Å². The molecule has 0 saturated carbocycles. The van der Waals surface area contributed by atoms with Crippen LogP contribution in [0.5, 0.6) is 0 Å². The molecule has 0 aromatic carbocycles. The van der Waals surface area contributed by atoms with E-state index in [4.69, 9.17) is 5.73 Å². The summed E-state index contributed by atoms with van der Waals surface area (Å²) in [4.78, 5) is 16.6. The van der Waals surface area contributed by atoms with Gasteiger partial charge in [-0.1, -0.05) is 6.92 Å². The Kier molecular flexibility index (Phi) is 3.50. The highest BCUT2D eigenvalue weighted by molar-refractivity contribution is 5.84. The second-order valence-corrected chi connectivity index (χ2v) is 5.02. The predicted molar refractivity (Wildman–Crippen MR) is 64.1 cm³/mol. The fraction of sp³-hybridized carbons (Fsp3) is 0.917. The number of piperidine rings is 1. The minimum atomic E-state index is -0.331. The van der Waals surface area contributed by atoms with Crippen molar-refractivity contribution in [1.29, 1.82) is 0 Å². The number of primary amides is 1. The molecule has 0 bridgehead atoms. The summed E-state index contributed by atoms with van der Waals surface area (Å²) in [6.07, 6.45) is 4.26. The number of hydrogen-bond donors (Lipinski definition) is 1. The van der Waals surface area contributed by atoms with Crippen LogP contribution in [0.25, 0.3) is 0 Å². The molecule has 2 saturated heterocycles. The van der Waals surface area contributed by atoms with Crippen molar-refractivity contribution in [3.63, 3.8) is 0 Å². The average Bonchev–Trinajstić information content (AvgIpc) is 2.82. The summed E-state index contributed by atoms with van der Waals surface area (Å²) in [5, 5.41) is 0. The molecule has 0 aliphatic carbocycles. The van der Waals surface area contributed by atoms with Crippen LogP contribution in [0.3, 0.4) is 0 Å². The lowest BCUT2D eigenvalue weighted by Gasteiger charge is -2.45. The molecule has 2 N–H and O–H groups in total. The number of carbonyl (C=O) groups is 1. The van der Waals surface area contributed by atoms with Crippen molar-refractivity contribution >= 4 is 5.91 Å². The molecule has 0 spiro atoms. The van der Waals surface area contributed by atoms with Gasteiger partial charge in [-0.2, -0.15) is 0 Å². The number of nitrogens with two attached hydrogens (primary N) is 1. The van der Waals surface area contributed by atoms with Gasteiger partial charge in [-0.05, 0) is 45.3 Å². The smallest absolute Gasteiger partial charge is 0.238 e. The van der Waals surface area contributed by atoms with Crippen molar-refractivity contribution in [2.24, 2.45) is 5.73 Å². The zero-order chi connectivity index (χ0) is 11.6. The molecule has 2 fully saturated rings. The van der Waals surface area contributed by atoms with Crippen LogP contribution in [0.2, 0.25) is 0 Å². The van der Waals surface area contributed by atoms with Gasteiger partial charge in [0, 0.05) is 13.1 Å². The van der Waals surface area contributed by atoms with Gasteiger partial charge in [-0.15, -0.1) is 0 Å². The normalized spacial score (nSPS) is 27.1. The predicted octanol–water partition coefficient (Wildman–Crippen LogP) is 0.422. The molecule has 2 aliphatic rings. The second kappa shape index (κ2) is 4.72. The highest BCUT2D eigenvalue weighted by Crippen LogP contribution is 2.31. The third kappa shape index (κ3) is 1.96. The summed E-state index contributed by atoms with van der Waals surface area (Å²) in [5.74, 6) is -0.106. The molecular formula is C12H23N3O. The summed E-state index contributed by atoms with van der Waals surface area (Å²) in [7, 11) is 0. The summed E-state index contributed by atoms with van der Waals surface area (Å²) >= 11 is 0. The fourth-order valence-corrected chi connectivity index (χ4v) is 3.10. The standard InChI is InChI=1S/C12H23N3O/c1-2-14-9-5-12(6-10-14,11(13)16)15-7-3-4-8-15/h2-10H2,1H3,(H2,13,16). The molecule has 2 aliphatic heterocycles. The molecule has 0 atom stereocenters. The summed E-state index contributed by atoms with van der Waals surface area (Å²) < 4.78 is 0. The molecule has 2 rings (SSSR count). The van der Waals surface area contributed by atoms with E-state index in [0.29, 0.717) is 0 Å². The van der Waals surface area contributed by atoms with E-state index in [0.717, 1.165) is 45.6 Å². The quantitative estimate of drug-likeness (QED) is 0.757. The molecule has 92 valence electrons. The third-order valence-corrected chi connectivity index (χ3v) is 4.30. The number of carbonyl (C=O) groups excluding carboxylic acids is 1. The molecule has 0 radical (unpaired) electrons. The highest BCUT2D eigenvalue weighted by atomic mass is 16.1. The second-order valence-electron chi connectivity index (χ2n) is 5.02. The van der Waals surface area contributed by atoms with Gasteiger partial charge in [-0.3, -0.25) is 9.69 Å². The Bertz CT molecular complexity index is 253. The molecular weight excluding hydrogens is 202 g/mol. The van der Waals surface area contributed by atoms with E-state index in [1.807, 2.05) is 0 Å². The number of nitrogens with zero attached hydrogens (tertiary/aromatic N) is 2. The van der Waals surface area contributed by atoms with Gasteiger partial charge in [0.05, 0.1) is 0 Å². The minimum Gasteiger partial charge on any atom is -0.368 e. The van der Waals surface area contributed by atoms with Crippen molar-refractivity contribution in [1.82, 2.24) is 9.80 Å². The monoisotopic (exact) mass is 225 g/mol. The Morgan fingerprint density at radius 1 is 1.19 bits per heavy atom. The Morgan fingerprint density at radius 3 is 2.19 bits per heavy atom. The lowest BCUT2D eigenvalue weighted by atomic mass is 9.85. The van der Waals surface area contributed by atoms with Crippen LogP contribution in [0, 0.1) is 0 Å². The van der Waals surface area contributed by atoms with Gasteiger partial charge < -0.3 is 10.6 Å². The highest BCUT2D eigenvalue weighted by Gasteiger charge is 2.45. The van der Waals surface area contributed by atoms with Crippen LogP contribution in [0.15, 0.2) is 0 Å². The maximum absolute atomic E-state index is 11.8. The van der Waals surface area contributed by atoms with Crippen LogP contribution >= 0.6 is 0 Å². The van der Waals surface area contributed by atoms with E-state index in [9.17, 15) is 4.79 Å². The number of rotatable bonds is 3. The third-order valence-electron chi connectivity index (χ3n) is 4.30. The first-order valence-corrected chi connectivity index (χ1v) is 6.46. The van der Waals surface area contributed by atoms with Crippen molar-refractivity contribution < 1.29 is 4.79 Å². The summed E-state index contributed by atoms with van der Waals surface area (Å²) in [5.41, 5.74) is 5.34. The zero-order valence-electron chi connectivity index (χ0n) is 10.2. The average molecular weight is 225 g/mol. The molecule has 4 nitrogen and oxygen atoms in total. The molecule has 0 unspecified atom stereocenters. The Labute approximate surface area is 97.8 Å². The van der Waals surface area contributed by atoms with E-state index < -0.39 is 0 Å². The number of hydrogen-bond acceptors (Lipinski definition) is 3. The maximum Gasteiger partial charge on any atom is 0.238 e. The van der Waals surface area contributed by atoms with Gasteiger partial charge in [0.1, 0.15) is 5.54 Å². The van der Waals surface area contributed by atoms with Crippen LogP contribution in [-0.2, 0) is 4.79 Å². The minimum absolute atomic E-state index is 0.106. The molecule has 1 amide bonds. The van der Waals surface area contributed by atoms with E-state index >= 15 is 0 Å². The maximum atomic E-state index is 11.8. The summed E-state index contributed by atoms with van der Waals surface area (Å²) in [6, 6.07) is 0. The van der Waals surface area contributed by atoms with Gasteiger partial charge >= 0.3 is 0 Å². The van der Waals surface area contributed by atoms with E-state index in [2.05, 4.69) is 16.7 Å². The van der Waals surface area contributed by atoms with Gasteiger partial charge in [0.2, 0.25) is 5.91 Å². The van der Waals surface area contributed by atoms with E-state index in [-0.39, 0.29) is 11.4 Å². The molecule has 2 heterocycles. The largest absolute Gasteiger partial charge is 0.368 e. The van der Waals surface area contributed by atoms with Crippen molar-refractivity contribution in [2.45, 2.75) is 38.1 Å². The molecule has 16 heavy (non-hydrogen) atoms. The lowest BCUT2D eigenvalue weighted by molar-refractivity contribution is -0.133. The first-order chi connectivity index (χ1) is 7.69. The van der Waals surface area contributed by atoms with E-state index in [1.54, 1.807) is 0 Å². The molecule has 0 aromatic rings. The fourth-order valence-electron chi connectivity index (χ4n) is 3.10. The Balaban J connectivity index is 2.08. The van der Waals surface area contributed by atoms with Gasteiger partial charge in [0.15, 0.2) is 0 Å². The van der Waals surface area contributed by atoms with Crippen molar-refractivity contribution in [3.8, 4) is 0 Å². The number of amides is 1. The van der Waals surface area contributed by atoms with Crippen LogP contribution < -0.4 is 5.73 Å². The van der Waals surface area contributed by atoms with Crippen LogP contribution in [0.1, 0.15) is 32.6 Å². The van der Waals surface area contributed by atoms with Gasteiger partial charge in [-0.25, -0.2) is 0 Å².